The van der Waals surface area contributed by atoms with E-state index < -0.39 is 86.6 Å². The van der Waals surface area contributed by atoms with Crippen molar-refractivity contribution in [2.75, 3.05) is 20.2 Å². The van der Waals surface area contributed by atoms with Gasteiger partial charge in [-0.1, -0.05) is 0 Å². The van der Waals surface area contributed by atoms with Crippen LogP contribution in [0.5, 0.6) is 28.7 Å². The Kier molecular flexibility index (Phi) is 7.50. The number of phenols is 3. The van der Waals surface area contributed by atoms with E-state index in [1.807, 2.05) is 0 Å². The van der Waals surface area contributed by atoms with Gasteiger partial charge in [0.15, 0.2) is 28.8 Å². The van der Waals surface area contributed by atoms with Crippen LogP contribution in [0.25, 0.3) is 10.8 Å². The topological polar surface area (TPSA) is 240 Å². The molecule has 3 aromatic rings. The number of hydrogen-bond acceptors (Lipinski definition) is 15. The molecule has 16 nitrogen and oxygen atoms in total. The highest BCUT2D eigenvalue weighted by atomic mass is 16.7. The number of fused-ring (bicyclic) bond motifs is 4. The van der Waals surface area contributed by atoms with Crippen LogP contribution in [0.3, 0.4) is 0 Å². The summed E-state index contributed by atoms with van der Waals surface area (Å²) >= 11 is 0. The quantitative estimate of drug-likeness (QED) is 0.130. The molecule has 2 aromatic carbocycles. The molecule has 0 saturated heterocycles. The summed E-state index contributed by atoms with van der Waals surface area (Å²) in [4.78, 5) is 63.1. The molecule has 0 radical (unpaired) electrons. The lowest BCUT2D eigenvalue weighted by Crippen LogP contribution is -2.45. The third-order valence-corrected chi connectivity index (χ3v) is 7.88. The maximum absolute atomic E-state index is 13.4. The largest absolute Gasteiger partial charge is 0.507 e. The Labute approximate surface area is 270 Å². The molecule has 2 atom stereocenters. The van der Waals surface area contributed by atoms with Gasteiger partial charge in [0.25, 0.3) is 5.79 Å². The molecule has 0 fully saturated rings. The van der Waals surface area contributed by atoms with Crippen LogP contribution in [0.4, 0.5) is 4.79 Å². The van der Waals surface area contributed by atoms with Crippen molar-refractivity contribution in [3.63, 3.8) is 0 Å². The number of esters is 1. The molecular weight excluding hydrogens is 636 g/mol. The van der Waals surface area contributed by atoms with Gasteiger partial charge in [-0.05, 0) is 38.3 Å². The molecule has 3 heterocycles. The first-order valence-electron chi connectivity index (χ1n) is 14.6. The van der Waals surface area contributed by atoms with E-state index in [0.717, 1.165) is 19.3 Å². The van der Waals surface area contributed by atoms with Crippen molar-refractivity contribution in [1.82, 2.24) is 10.6 Å². The summed E-state index contributed by atoms with van der Waals surface area (Å²) in [6.45, 7) is 5.11. The molecule has 6 N–H and O–H groups in total. The molecule has 1 aromatic heterocycles. The number of benzene rings is 2. The smallest absolute Gasteiger partial charge is 0.407 e. The fraction of sp³-hybridized carbons (Fsp3) is 0.344. The summed E-state index contributed by atoms with van der Waals surface area (Å²) in [7, 11) is 1.09. The van der Waals surface area contributed by atoms with Gasteiger partial charge in [-0.2, -0.15) is 0 Å². The highest BCUT2D eigenvalue weighted by Gasteiger charge is 2.52. The Bertz CT molecular complexity index is 2040. The number of aliphatic hydroxyl groups is 1. The summed E-state index contributed by atoms with van der Waals surface area (Å²) in [6, 6.07) is 2.48. The molecule has 252 valence electrons. The van der Waals surface area contributed by atoms with Gasteiger partial charge in [-0.25, -0.2) is 14.4 Å². The van der Waals surface area contributed by atoms with Gasteiger partial charge in [-0.3, -0.25) is 9.59 Å². The number of phenolic OH excluding ortho intramolecular Hbond substituents is 3. The van der Waals surface area contributed by atoms with Crippen molar-refractivity contribution in [2.45, 2.75) is 51.1 Å². The van der Waals surface area contributed by atoms with Gasteiger partial charge in [0.2, 0.25) is 11.5 Å². The molecule has 6 rings (SSSR count). The summed E-state index contributed by atoms with van der Waals surface area (Å²) in [6.07, 6.45) is -1.82. The van der Waals surface area contributed by atoms with E-state index in [0.29, 0.717) is 0 Å². The number of Topliss-reactive ketones (excluding diaryl/α,β-unsaturated/α-hetero) is 1. The minimum Gasteiger partial charge on any atom is -0.507 e. The van der Waals surface area contributed by atoms with Gasteiger partial charge >= 0.3 is 17.7 Å². The molecule has 0 bridgehead atoms. The predicted octanol–water partition coefficient (Wildman–Crippen LogP) is 2.22. The van der Waals surface area contributed by atoms with Crippen molar-refractivity contribution in [3.05, 3.63) is 62.3 Å². The molecule has 3 aliphatic rings. The van der Waals surface area contributed by atoms with Crippen molar-refractivity contribution in [1.29, 1.82) is 0 Å². The second kappa shape index (κ2) is 11.2. The number of carbonyl (C=O) groups is 4. The fourth-order valence-electron chi connectivity index (χ4n) is 5.89. The van der Waals surface area contributed by atoms with E-state index in [4.69, 9.17) is 18.6 Å². The van der Waals surface area contributed by atoms with E-state index in [2.05, 4.69) is 15.4 Å². The number of alkyl carbamates (subject to hydrolysis) is 1. The number of ketones is 2. The maximum atomic E-state index is 13.4. The summed E-state index contributed by atoms with van der Waals surface area (Å²) in [5.74, 6) is -7.81. The molecule has 48 heavy (non-hydrogen) atoms. The monoisotopic (exact) mass is 666 g/mol. The fourth-order valence-corrected chi connectivity index (χ4v) is 5.89. The Morgan fingerprint density at radius 3 is 2.40 bits per heavy atom. The van der Waals surface area contributed by atoms with Crippen molar-refractivity contribution < 1.29 is 63.0 Å². The first-order valence-corrected chi connectivity index (χ1v) is 14.6. The van der Waals surface area contributed by atoms with Crippen molar-refractivity contribution in [2.24, 2.45) is 0 Å². The number of hydrogen-bond donors (Lipinski definition) is 6. The summed E-state index contributed by atoms with van der Waals surface area (Å²) < 4.78 is 26.7. The van der Waals surface area contributed by atoms with E-state index in [9.17, 15) is 44.4 Å². The molecule has 2 aliphatic heterocycles. The summed E-state index contributed by atoms with van der Waals surface area (Å²) in [5.41, 5.74) is -3.11. The van der Waals surface area contributed by atoms with Gasteiger partial charge in [0.05, 0.1) is 42.9 Å². The highest BCUT2D eigenvalue weighted by molar-refractivity contribution is 6.27. The Morgan fingerprint density at radius 2 is 1.71 bits per heavy atom. The summed E-state index contributed by atoms with van der Waals surface area (Å²) in [5, 5.41) is 49.6. The maximum Gasteiger partial charge on any atom is 0.407 e. The van der Waals surface area contributed by atoms with Gasteiger partial charge in [0, 0.05) is 30.3 Å². The van der Waals surface area contributed by atoms with Crippen LogP contribution in [0.2, 0.25) is 0 Å². The molecule has 0 saturated carbocycles. The van der Waals surface area contributed by atoms with Crippen LogP contribution >= 0.6 is 0 Å². The second-order valence-electron chi connectivity index (χ2n) is 12.4. The van der Waals surface area contributed by atoms with E-state index in [1.165, 1.54) is 6.07 Å². The standard InChI is InChI=1S/C32H30N2O14/c1-31(2,3)48-30(43)34-6-5-33-15-9-16(35)20-21(23(15)38)25(40)27-14(22(20)37)10-32(47-27)11-17(36)13-7-12-8-18(28(41)44-4)45-29(42)19(12)24(39)26(13)46-32/h7-9,17,33,36-37,39-40H,5-6,10-11H2,1-4H3,(H,34,43). The van der Waals surface area contributed by atoms with Crippen LogP contribution in [0.15, 0.2) is 33.1 Å². The van der Waals surface area contributed by atoms with Gasteiger partial charge in [-0.15, -0.1) is 0 Å². The zero-order valence-electron chi connectivity index (χ0n) is 26.0. The number of carbonyl (C=O) groups excluding carboxylic acids is 4. The number of aliphatic hydroxyl groups excluding tert-OH is 1. The van der Waals surface area contributed by atoms with Crippen LogP contribution in [-0.2, 0) is 15.9 Å². The minimum atomic E-state index is -1.88. The van der Waals surface area contributed by atoms with E-state index in [1.54, 1.807) is 20.8 Å². The zero-order valence-corrected chi connectivity index (χ0v) is 26.0. The van der Waals surface area contributed by atoms with Crippen LogP contribution < -0.4 is 25.7 Å². The Hall–Kier alpha value is -5.77. The Morgan fingerprint density at radius 1 is 1.00 bits per heavy atom. The number of allylic oxidation sites excluding steroid dienone is 2. The number of methoxy groups -OCH3 is 1. The van der Waals surface area contributed by atoms with E-state index >= 15 is 0 Å². The number of rotatable bonds is 5. The third kappa shape index (κ3) is 5.29. The molecule has 1 spiro atoms. The number of ether oxygens (including phenoxy) is 4. The van der Waals surface area contributed by atoms with E-state index in [-0.39, 0.29) is 59.3 Å². The normalized spacial score (nSPS) is 19.4. The van der Waals surface area contributed by atoms with Crippen LogP contribution in [-0.4, -0.2) is 75.6 Å². The van der Waals surface area contributed by atoms with Gasteiger partial charge < -0.3 is 54.4 Å². The van der Waals surface area contributed by atoms with Crippen molar-refractivity contribution >= 4 is 34.4 Å². The average molecular weight is 667 g/mol. The van der Waals surface area contributed by atoms with Crippen LogP contribution in [0.1, 0.15) is 75.7 Å². The molecule has 16 heteroatoms. The molecule has 2 unspecified atom stereocenters. The lowest BCUT2D eigenvalue weighted by atomic mass is 9.86. The molecule has 1 aliphatic carbocycles. The second-order valence-corrected chi connectivity index (χ2v) is 12.4. The highest BCUT2D eigenvalue weighted by Crippen LogP contribution is 2.56. The molecule has 1 amide bonds. The lowest BCUT2D eigenvalue weighted by Gasteiger charge is -2.37. The number of aromatic hydroxyl groups is 3. The number of amides is 1. The van der Waals surface area contributed by atoms with Crippen molar-refractivity contribution in [3.8, 4) is 28.7 Å². The van der Waals surface area contributed by atoms with Gasteiger partial charge in [0.1, 0.15) is 16.7 Å². The number of nitrogens with one attached hydrogen (secondary N) is 2. The average Bonchev–Trinajstić information content (AvgIpc) is 3.37. The molecular formula is C32H30N2O14. The SMILES string of the molecule is COC(=O)c1cc2cc3c(c(O)c2c(=O)o1)OC1(Cc2c(O)c4c(c(O)c2O1)C(=O)C(NCCNC(=O)OC(C)(C)C)=CC4=O)CC3O. The first-order chi connectivity index (χ1) is 22.5. The van der Waals surface area contributed by atoms with Crippen LogP contribution in [0, 0.1) is 0 Å². The first kappa shape index (κ1) is 32.2. The third-order valence-electron chi connectivity index (χ3n) is 7.88. The zero-order chi connectivity index (χ0) is 34.9. The lowest BCUT2D eigenvalue weighted by molar-refractivity contribution is -0.139. The Balaban J connectivity index is 1.28. The minimum absolute atomic E-state index is 0.00238. The predicted molar refractivity (Wildman–Crippen MR) is 162 cm³/mol.